The van der Waals surface area contributed by atoms with E-state index in [9.17, 15) is 4.79 Å². The molecule has 132 valence electrons. The largest absolute Gasteiger partial charge is 0.462 e. The van der Waals surface area contributed by atoms with E-state index < -0.39 is 11.9 Å². The second-order valence-corrected chi connectivity index (χ2v) is 5.64. The smallest absolute Gasteiger partial charge is 0.337 e. The highest BCUT2D eigenvalue weighted by Crippen LogP contribution is 2.28. The summed E-state index contributed by atoms with van der Waals surface area (Å²) >= 11 is 0. The van der Waals surface area contributed by atoms with Gasteiger partial charge in [-0.25, -0.2) is 4.79 Å². The molecule has 0 N–H and O–H groups in total. The molecule has 1 rings (SSSR count). The van der Waals surface area contributed by atoms with Crippen LogP contribution >= 0.6 is 0 Å². The number of hydrogen-bond donors (Lipinski definition) is 0. The molecule has 0 amide bonds. The van der Waals surface area contributed by atoms with Crippen molar-refractivity contribution in [3.05, 3.63) is 23.8 Å². The number of hydrogen-bond acceptors (Lipinski definition) is 5. The zero-order valence-corrected chi connectivity index (χ0v) is 14.8. The Morgan fingerprint density at radius 3 is 2.35 bits per heavy atom. The first kappa shape index (κ1) is 19.9. The van der Waals surface area contributed by atoms with Crippen molar-refractivity contribution in [2.24, 2.45) is 0 Å². The monoisotopic (exact) mass is 326 g/mol. The average molecular weight is 326 g/mol. The predicted octanol–water partition coefficient (Wildman–Crippen LogP) is 3.39. The van der Waals surface area contributed by atoms with Gasteiger partial charge in [-0.1, -0.05) is 39.0 Å². The van der Waals surface area contributed by atoms with E-state index in [4.69, 9.17) is 18.9 Å². The Balaban J connectivity index is 2.42. The molecule has 1 atom stereocenters. The molecular formula is C18H30O5. The van der Waals surface area contributed by atoms with Crippen molar-refractivity contribution >= 4 is 5.97 Å². The van der Waals surface area contributed by atoms with Gasteiger partial charge in [0.2, 0.25) is 5.79 Å². The van der Waals surface area contributed by atoms with Gasteiger partial charge in [0.15, 0.2) is 0 Å². The van der Waals surface area contributed by atoms with Crippen LogP contribution in [0.3, 0.4) is 0 Å². The minimum absolute atomic E-state index is 0.335. The lowest BCUT2D eigenvalue weighted by molar-refractivity contribution is -0.221. The van der Waals surface area contributed by atoms with E-state index in [0.717, 1.165) is 12.8 Å². The number of methoxy groups -OCH3 is 3. The van der Waals surface area contributed by atoms with Crippen LogP contribution in [0.25, 0.3) is 0 Å². The van der Waals surface area contributed by atoms with Gasteiger partial charge in [-0.2, -0.15) is 0 Å². The normalized spacial score (nSPS) is 19.5. The molecule has 0 aromatic heterocycles. The van der Waals surface area contributed by atoms with Crippen LogP contribution in [-0.4, -0.2) is 45.8 Å². The molecule has 0 radical (unpaired) electrons. The lowest BCUT2D eigenvalue weighted by atomic mass is 9.98. The van der Waals surface area contributed by atoms with Gasteiger partial charge in [-0.05, 0) is 24.6 Å². The van der Waals surface area contributed by atoms with Crippen LogP contribution < -0.4 is 0 Å². The average Bonchev–Trinajstić information content (AvgIpc) is 2.60. The summed E-state index contributed by atoms with van der Waals surface area (Å²) in [5.41, 5.74) is 0.465. The molecule has 0 saturated heterocycles. The zero-order chi connectivity index (χ0) is 17.1. The van der Waals surface area contributed by atoms with Gasteiger partial charge in [0.05, 0.1) is 12.2 Å². The summed E-state index contributed by atoms with van der Waals surface area (Å²) in [5.74, 6) is -1.34. The molecule has 5 heteroatoms. The Hall–Kier alpha value is -1.17. The summed E-state index contributed by atoms with van der Waals surface area (Å²) in [6.45, 7) is 2.65. The van der Waals surface area contributed by atoms with Gasteiger partial charge in [-0.15, -0.1) is 0 Å². The summed E-state index contributed by atoms with van der Waals surface area (Å²) in [4.78, 5) is 12.1. The first-order valence-electron chi connectivity index (χ1n) is 8.34. The molecule has 0 aromatic rings. The maximum Gasteiger partial charge on any atom is 0.337 e. The van der Waals surface area contributed by atoms with Gasteiger partial charge >= 0.3 is 5.97 Å². The molecule has 0 saturated carbocycles. The van der Waals surface area contributed by atoms with Gasteiger partial charge in [0.25, 0.3) is 0 Å². The molecule has 0 aromatic carbocycles. The fraction of sp³-hybridized carbons (Fsp3) is 0.722. The van der Waals surface area contributed by atoms with Gasteiger partial charge in [0, 0.05) is 21.3 Å². The fourth-order valence-electron chi connectivity index (χ4n) is 2.59. The van der Waals surface area contributed by atoms with Crippen molar-refractivity contribution in [1.29, 1.82) is 0 Å². The fourth-order valence-corrected chi connectivity index (χ4v) is 2.59. The lowest BCUT2D eigenvalue weighted by Gasteiger charge is -2.35. The summed E-state index contributed by atoms with van der Waals surface area (Å²) in [7, 11) is 4.62. The molecule has 23 heavy (non-hydrogen) atoms. The van der Waals surface area contributed by atoms with Crippen LogP contribution in [0.1, 0.15) is 45.4 Å². The number of esters is 1. The van der Waals surface area contributed by atoms with Crippen molar-refractivity contribution in [2.75, 3.05) is 27.9 Å². The Morgan fingerprint density at radius 1 is 1.09 bits per heavy atom. The Morgan fingerprint density at radius 2 is 1.74 bits per heavy atom. The Kier molecular flexibility index (Phi) is 9.14. The minimum Gasteiger partial charge on any atom is -0.462 e. The van der Waals surface area contributed by atoms with Crippen molar-refractivity contribution < 1.29 is 23.7 Å². The maximum absolute atomic E-state index is 12.1. The highest BCUT2D eigenvalue weighted by molar-refractivity contribution is 5.92. The molecule has 0 fully saturated rings. The van der Waals surface area contributed by atoms with Crippen LogP contribution in [0.15, 0.2) is 23.8 Å². The van der Waals surface area contributed by atoms with Gasteiger partial charge in [-0.3, -0.25) is 0 Å². The van der Waals surface area contributed by atoms with E-state index in [1.165, 1.54) is 39.9 Å². The van der Waals surface area contributed by atoms with Crippen molar-refractivity contribution in [3.8, 4) is 0 Å². The first-order valence-corrected chi connectivity index (χ1v) is 8.34. The van der Waals surface area contributed by atoms with E-state index >= 15 is 0 Å². The Bertz CT molecular complexity index is 410. The molecule has 0 bridgehead atoms. The highest BCUT2D eigenvalue weighted by atomic mass is 16.7. The summed E-state index contributed by atoms with van der Waals surface area (Å²) in [5, 5.41) is 0. The standard InChI is InChI=1S/C18H30O5/c1-5-6-7-8-9-10-13-23-17(19)15-11-12-18(21-3,22-4)16(14-15)20-2/h11-12,14,16H,5-10,13H2,1-4H3. The topological polar surface area (TPSA) is 54.0 Å². The number of rotatable bonds is 11. The number of carbonyl (C=O) groups excluding carboxylic acids is 1. The third-order valence-electron chi connectivity index (χ3n) is 4.08. The number of ether oxygens (including phenoxy) is 4. The second-order valence-electron chi connectivity index (χ2n) is 5.64. The van der Waals surface area contributed by atoms with Gasteiger partial charge in [0.1, 0.15) is 6.10 Å². The lowest BCUT2D eigenvalue weighted by Crippen LogP contribution is -2.46. The first-order chi connectivity index (χ1) is 11.1. The second kappa shape index (κ2) is 10.6. The third kappa shape index (κ3) is 5.75. The third-order valence-corrected chi connectivity index (χ3v) is 4.08. The SMILES string of the molecule is CCCCCCCCOC(=O)C1=CC(OC)C(OC)(OC)C=C1. The molecular weight excluding hydrogens is 296 g/mol. The van der Waals surface area contributed by atoms with Crippen LogP contribution in [-0.2, 0) is 23.7 Å². The van der Waals surface area contributed by atoms with Crippen molar-refractivity contribution in [3.63, 3.8) is 0 Å². The van der Waals surface area contributed by atoms with E-state index in [1.807, 2.05) is 0 Å². The van der Waals surface area contributed by atoms with E-state index in [-0.39, 0.29) is 5.97 Å². The number of unbranched alkanes of at least 4 members (excludes halogenated alkanes) is 5. The highest BCUT2D eigenvalue weighted by Gasteiger charge is 2.39. The molecule has 1 aliphatic carbocycles. The molecule has 5 nitrogen and oxygen atoms in total. The van der Waals surface area contributed by atoms with Crippen LogP contribution in [0, 0.1) is 0 Å². The van der Waals surface area contributed by atoms with Crippen molar-refractivity contribution in [1.82, 2.24) is 0 Å². The number of carbonyl (C=O) groups is 1. The summed E-state index contributed by atoms with van der Waals surface area (Å²) in [6, 6.07) is 0. The summed E-state index contributed by atoms with van der Waals surface area (Å²) < 4.78 is 21.4. The molecule has 1 aliphatic rings. The maximum atomic E-state index is 12.1. The van der Waals surface area contributed by atoms with E-state index in [2.05, 4.69) is 6.92 Å². The predicted molar refractivity (Wildman–Crippen MR) is 89.1 cm³/mol. The van der Waals surface area contributed by atoms with Crippen molar-refractivity contribution in [2.45, 2.75) is 57.3 Å². The quantitative estimate of drug-likeness (QED) is 0.331. The Labute approximate surface area is 139 Å². The molecule has 1 unspecified atom stereocenters. The van der Waals surface area contributed by atoms with Crippen LogP contribution in [0.2, 0.25) is 0 Å². The van der Waals surface area contributed by atoms with Crippen LogP contribution in [0.4, 0.5) is 0 Å². The molecule has 0 aliphatic heterocycles. The molecule has 0 heterocycles. The minimum atomic E-state index is -1.00. The summed E-state index contributed by atoms with van der Waals surface area (Å²) in [6.07, 6.45) is 11.5. The van der Waals surface area contributed by atoms with Crippen LogP contribution in [0.5, 0.6) is 0 Å². The molecule has 0 spiro atoms. The van der Waals surface area contributed by atoms with E-state index in [1.54, 1.807) is 25.3 Å². The van der Waals surface area contributed by atoms with Gasteiger partial charge < -0.3 is 18.9 Å². The zero-order valence-electron chi connectivity index (χ0n) is 14.8. The van der Waals surface area contributed by atoms with E-state index in [0.29, 0.717) is 12.2 Å².